The fraction of sp³-hybridized carbons (Fsp3) is 0.875. The summed E-state index contributed by atoms with van der Waals surface area (Å²) in [4.78, 5) is 0. The summed E-state index contributed by atoms with van der Waals surface area (Å²) in [5.74, 6) is 0. The lowest BCUT2D eigenvalue weighted by Crippen LogP contribution is -2.11. The molecule has 0 aliphatic carbocycles. The van der Waals surface area contributed by atoms with Gasteiger partial charge in [0, 0.05) is 12.8 Å². The Morgan fingerprint density at radius 3 is 2.40 bits per heavy atom. The van der Waals surface area contributed by atoms with Crippen LogP contribution >= 0.6 is 0 Å². The maximum atomic E-state index is 8.48. The molecule has 0 aliphatic rings. The molecule has 2 N–H and O–H groups in total. The highest BCUT2D eigenvalue weighted by Gasteiger charge is 2.12. The van der Waals surface area contributed by atoms with Gasteiger partial charge in [-0.05, 0) is 18.3 Å². The number of hydrogen-bond acceptors (Lipinski definition) is 2. The van der Waals surface area contributed by atoms with E-state index in [1.54, 1.807) is 0 Å². The lowest BCUT2D eigenvalue weighted by molar-refractivity contribution is 0.276. The third kappa shape index (κ3) is 4.50. The Bertz CT molecular complexity index is 99.4. The van der Waals surface area contributed by atoms with Gasteiger partial charge < -0.3 is 10.5 Å². The zero-order chi connectivity index (χ0) is 8.04. The largest absolute Gasteiger partial charge is 0.396 e. The average Bonchev–Trinajstić information content (AvgIpc) is 1.89. The molecule has 60 valence electrons. The molecule has 0 atom stereocenters. The lowest BCUT2D eigenvalue weighted by atomic mass is 9.89. The van der Waals surface area contributed by atoms with Crippen LogP contribution < -0.4 is 0 Å². The highest BCUT2D eigenvalue weighted by Crippen LogP contribution is 2.19. The molecular weight excluding hydrogens is 126 g/mol. The van der Waals surface area contributed by atoms with Crippen molar-refractivity contribution < 1.29 is 5.11 Å². The van der Waals surface area contributed by atoms with Crippen LogP contribution in [-0.2, 0) is 0 Å². The molecule has 0 fully saturated rings. The van der Waals surface area contributed by atoms with Gasteiger partial charge in [0.2, 0.25) is 0 Å². The van der Waals surface area contributed by atoms with Crippen LogP contribution in [-0.4, -0.2) is 17.9 Å². The van der Waals surface area contributed by atoms with Crippen LogP contribution in [0.5, 0.6) is 0 Å². The molecule has 0 aromatic rings. The van der Waals surface area contributed by atoms with Crippen molar-refractivity contribution in [1.29, 1.82) is 5.41 Å². The summed E-state index contributed by atoms with van der Waals surface area (Å²) in [6, 6.07) is 0. The molecule has 10 heavy (non-hydrogen) atoms. The van der Waals surface area contributed by atoms with E-state index in [9.17, 15) is 0 Å². The first-order valence-corrected chi connectivity index (χ1v) is 3.75. The zero-order valence-corrected chi connectivity index (χ0v) is 6.85. The molecule has 0 spiro atoms. The minimum Gasteiger partial charge on any atom is -0.396 e. The van der Waals surface area contributed by atoms with Crippen molar-refractivity contribution in [2.24, 2.45) is 5.41 Å². The Balaban J connectivity index is 3.37. The Labute approximate surface area is 62.8 Å². The number of hydrogen-bond donors (Lipinski definition) is 2. The van der Waals surface area contributed by atoms with E-state index >= 15 is 0 Å². The Kier molecular flexibility index (Phi) is 4.28. The monoisotopic (exact) mass is 143 g/mol. The minimum atomic E-state index is 0.0230. The molecule has 2 nitrogen and oxygen atoms in total. The number of aliphatic hydroxyl groups excluding tert-OH is 1. The fourth-order valence-electron chi connectivity index (χ4n) is 0.765. The third-order valence-corrected chi connectivity index (χ3v) is 1.62. The summed E-state index contributed by atoms with van der Waals surface area (Å²) >= 11 is 0. The van der Waals surface area contributed by atoms with Crippen LogP contribution in [0.4, 0.5) is 0 Å². The molecule has 0 heterocycles. The predicted octanol–water partition coefficient (Wildman–Crippen LogP) is 1.82. The van der Waals surface area contributed by atoms with E-state index in [-0.39, 0.29) is 12.0 Å². The van der Waals surface area contributed by atoms with Crippen LogP contribution in [0.15, 0.2) is 0 Å². The molecule has 0 amide bonds. The van der Waals surface area contributed by atoms with E-state index in [0.29, 0.717) is 0 Å². The standard InChI is InChI=1S/C8H17NO/c1-8(2,7-9)5-3-4-6-10/h7,9-10H,3-6H2,1-2H3. The summed E-state index contributed by atoms with van der Waals surface area (Å²) in [6.07, 6.45) is 4.34. The van der Waals surface area contributed by atoms with Gasteiger partial charge in [-0.15, -0.1) is 0 Å². The molecule has 0 aromatic carbocycles. The van der Waals surface area contributed by atoms with Gasteiger partial charge in [0.1, 0.15) is 0 Å². The first kappa shape index (κ1) is 9.63. The summed E-state index contributed by atoms with van der Waals surface area (Å²) in [6.45, 7) is 4.35. The van der Waals surface area contributed by atoms with Gasteiger partial charge in [0.15, 0.2) is 0 Å². The van der Waals surface area contributed by atoms with Crippen LogP contribution in [0.1, 0.15) is 33.1 Å². The van der Waals surface area contributed by atoms with E-state index in [1.807, 2.05) is 13.8 Å². The molecule has 0 rings (SSSR count). The van der Waals surface area contributed by atoms with Gasteiger partial charge in [-0.25, -0.2) is 0 Å². The quantitative estimate of drug-likeness (QED) is 0.447. The summed E-state index contributed by atoms with van der Waals surface area (Å²) in [7, 11) is 0. The molecule has 0 saturated heterocycles. The number of aliphatic hydroxyl groups is 1. The molecule has 2 heteroatoms. The van der Waals surface area contributed by atoms with Gasteiger partial charge in [0.05, 0.1) is 0 Å². The van der Waals surface area contributed by atoms with Gasteiger partial charge in [-0.1, -0.05) is 20.3 Å². The predicted molar refractivity (Wildman–Crippen MR) is 43.5 cm³/mol. The van der Waals surface area contributed by atoms with Crippen molar-refractivity contribution in [2.45, 2.75) is 33.1 Å². The van der Waals surface area contributed by atoms with Gasteiger partial charge in [0.25, 0.3) is 0 Å². The highest BCUT2D eigenvalue weighted by molar-refractivity contribution is 5.60. The highest BCUT2D eigenvalue weighted by atomic mass is 16.2. The van der Waals surface area contributed by atoms with Gasteiger partial charge >= 0.3 is 0 Å². The van der Waals surface area contributed by atoms with Crippen LogP contribution in [0.25, 0.3) is 0 Å². The van der Waals surface area contributed by atoms with E-state index in [1.165, 1.54) is 6.21 Å². The molecule has 0 saturated carbocycles. The number of nitrogens with one attached hydrogen (secondary N) is 1. The molecule has 0 aromatic heterocycles. The van der Waals surface area contributed by atoms with Crippen molar-refractivity contribution >= 4 is 6.21 Å². The van der Waals surface area contributed by atoms with Gasteiger partial charge in [-0.2, -0.15) is 0 Å². The Hall–Kier alpha value is -0.370. The average molecular weight is 143 g/mol. The maximum Gasteiger partial charge on any atom is 0.0431 e. The van der Waals surface area contributed by atoms with E-state index in [0.717, 1.165) is 19.3 Å². The number of unbranched alkanes of at least 4 members (excludes halogenated alkanes) is 1. The summed E-state index contributed by atoms with van der Waals surface area (Å²) in [5, 5.41) is 15.5. The van der Waals surface area contributed by atoms with Crippen molar-refractivity contribution in [1.82, 2.24) is 0 Å². The van der Waals surface area contributed by atoms with Crippen molar-refractivity contribution in [3.05, 3.63) is 0 Å². The Morgan fingerprint density at radius 1 is 1.40 bits per heavy atom. The minimum absolute atomic E-state index is 0.0230. The van der Waals surface area contributed by atoms with E-state index < -0.39 is 0 Å². The normalized spacial score (nSPS) is 11.5. The smallest absolute Gasteiger partial charge is 0.0431 e. The topological polar surface area (TPSA) is 44.1 Å². The second-order valence-corrected chi connectivity index (χ2v) is 3.31. The summed E-state index contributed by atoms with van der Waals surface area (Å²) in [5.41, 5.74) is 0.0230. The van der Waals surface area contributed by atoms with Crippen LogP contribution in [0, 0.1) is 10.8 Å². The number of rotatable bonds is 5. The molecule has 0 bridgehead atoms. The lowest BCUT2D eigenvalue weighted by Gasteiger charge is -2.17. The van der Waals surface area contributed by atoms with Crippen molar-refractivity contribution in [2.75, 3.05) is 6.61 Å². The third-order valence-electron chi connectivity index (χ3n) is 1.62. The van der Waals surface area contributed by atoms with E-state index in [4.69, 9.17) is 10.5 Å². The molecule has 0 unspecified atom stereocenters. The van der Waals surface area contributed by atoms with Gasteiger partial charge in [-0.3, -0.25) is 0 Å². The van der Waals surface area contributed by atoms with Crippen LogP contribution in [0.3, 0.4) is 0 Å². The van der Waals surface area contributed by atoms with Crippen molar-refractivity contribution in [3.63, 3.8) is 0 Å². The van der Waals surface area contributed by atoms with Crippen molar-refractivity contribution in [3.8, 4) is 0 Å². The van der Waals surface area contributed by atoms with Crippen LogP contribution in [0.2, 0.25) is 0 Å². The second-order valence-electron chi connectivity index (χ2n) is 3.31. The maximum absolute atomic E-state index is 8.48. The Morgan fingerprint density at radius 2 is 2.00 bits per heavy atom. The van der Waals surface area contributed by atoms with E-state index in [2.05, 4.69) is 0 Å². The molecule has 0 radical (unpaired) electrons. The first-order chi connectivity index (χ1) is 4.62. The molecular formula is C8H17NO. The fourth-order valence-corrected chi connectivity index (χ4v) is 0.765. The second kappa shape index (κ2) is 4.45. The summed E-state index contributed by atoms with van der Waals surface area (Å²) < 4.78 is 0. The SMILES string of the molecule is CC(C)(C=N)CCCCO. The zero-order valence-electron chi connectivity index (χ0n) is 6.85. The first-order valence-electron chi connectivity index (χ1n) is 3.75. The molecule has 0 aliphatic heterocycles.